The predicted molar refractivity (Wildman–Crippen MR) is 54.7 cm³/mol. The van der Waals surface area contributed by atoms with Crippen molar-refractivity contribution in [3.63, 3.8) is 0 Å². The first-order valence-corrected chi connectivity index (χ1v) is 5.12. The molecule has 0 saturated heterocycles. The van der Waals surface area contributed by atoms with Gasteiger partial charge in [-0.15, -0.1) is 0 Å². The first kappa shape index (κ1) is 8.82. The normalized spacial score (nSPS) is 19.8. The number of H-pyrrole nitrogens is 1. The van der Waals surface area contributed by atoms with E-state index in [1.807, 2.05) is 6.20 Å². The fraction of sp³-hybridized carbons (Fsp3) is 0.636. The lowest BCUT2D eigenvalue weighted by molar-refractivity contribution is 0.132. The zero-order chi connectivity index (χ0) is 9.15. The third-order valence-electron chi connectivity index (χ3n) is 3.19. The zero-order valence-electron chi connectivity index (χ0n) is 8.27. The van der Waals surface area contributed by atoms with Crippen molar-refractivity contribution in [2.75, 3.05) is 13.6 Å². The molecule has 0 aliphatic heterocycles. The van der Waals surface area contributed by atoms with Gasteiger partial charge in [0, 0.05) is 18.4 Å². The highest BCUT2D eigenvalue weighted by atomic mass is 14.8. The lowest BCUT2D eigenvalue weighted by atomic mass is 9.66. The first-order chi connectivity index (χ1) is 6.35. The average molecular weight is 178 g/mol. The number of hydrogen-bond acceptors (Lipinski definition) is 1. The monoisotopic (exact) mass is 178 g/mol. The molecule has 1 aliphatic carbocycles. The summed E-state index contributed by atoms with van der Waals surface area (Å²) >= 11 is 0. The van der Waals surface area contributed by atoms with Gasteiger partial charge in [-0.05, 0) is 43.9 Å². The molecular formula is C11H18N2. The van der Waals surface area contributed by atoms with E-state index in [0.717, 1.165) is 6.54 Å². The molecule has 0 spiro atoms. The van der Waals surface area contributed by atoms with Crippen molar-refractivity contribution in [1.82, 2.24) is 10.3 Å². The molecule has 72 valence electrons. The minimum Gasteiger partial charge on any atom is -0.365 e. The summed E-state index contributed by atoms with van der Waals surface area (Å²) in [4.78, 5) is 3.29. The largest absolute Gasteiger partial charge is 0.365 e. The van der Waals surface area contributed by atoms with Gasteiger partial charge in [0.1, 0.15) is 0 Å². The summed E-state index contributed by atoms with van der Waals surface area (Å²) in [7, 11) is 2.05. The summed E-state index contributed by atoms with van der Waals surface area (Å²) in [5.74, 6) is 0. The molecule has 0 bridgehead atoms. The van der Waals surface area contributed by atoms with E-state index in [9.17, 15) is 0 Å². The van der Waals surface area contributed by atoms with Crippen LogP contribution in [-0.2, 0) is 6.42 Å². The molecule has 2 rings (SSSR count). The molecule has 1 fully saturated rings. The number of nitrogens with one attached hydrogen (secondary N) is 2. The number of aromatic amines is 1. The van der Waals surface area contributed by atoms with Crippen molar-refractivity contribution < 1.29 is 0 Å². The molecule has 0 radical (unpaired) electrons. The lowest BCUT2D eigenvalue weighted by Crippen LogP contribution is -2.40. The molecule has 1 heterocycles. The Morgan fingerprint density at radius 1 is 1.54 bits per heavy atom. The van der Waals surface area contributed by atoms with Gasteiger partial charge in [-0.1, -0.05) is 6.42 Å². The quantitative estimate of drug-likeness (QED) is 0.724. The van der Waals surface area contributed by atoms with Gasteiger partial charge in [0.15, 0.2) is 0 Å². The summed E-state index contributed by atoms with van der Waals surface area (Å²) in [6.45, 7) is 1.16. The van der Waals surface area contributed by atoms with Crippen LogP contribution < -0.4 is 5.32 Å². The van der Waals surface area contributed by atoms with Gasteiger partial charge in [-0.2, -0.15) is 0 Å². The van der Waals surface area contributed by atoms with Crippen LogP contribution in [0.15, 0.2) is 18.3 Å². The van der Waals surface area contributed by atoms with Gasteiger partial charge in [-0.25, -0.2) is 0 Å². The van der Waals surface area contributed by atoms with Crippen molar-refractivity contribution in [2.24, 2.45) is 5.41 Å². The van der Waals surface area contributed by atoms with E-state index >= 15 is 0 Å². The van der Waals surface area contributed by atoms with Gasteiger partial charge < -0.3 is 10.3 Å². The Balaban J connectivity index is 1.98. The fourth-order valence-corrected chi connectivity index (χ4v) is 2.35. The lowest BCUT2D eigenvalue weighted by Gasteiger charge is -2.41. The molecule has 13 heavy (non-hydrogen) atoms. The predicted octanol–water partition coefficient (Wildman–Crippen LogP) is 1.95. The van der Waals surface area contributed by atoms with Crippen LogP contribution in [0.5, 0.6) is 0 Å². The second-order valence-corrected chi connectivity index (χ2v) is 4.26. The topological polar surface area (TPSA) is 27.8 Å². The molecule has 0 unspecified atom stereocenters. The Morgan fingerprint density at radius 2 is 2.38 bits per heavy atom. The van der Waals surface area contributed by atoms with E-state index in [2.05, 4.69) is 29.5 Å². The highest BCUT2D eigenvalue weighted by molar-refractivity contribution is 5.09. The van der Waals surface area contributed by atoms with Crippen LogP contribution in [0, 0.1) is 5.41 Å². The fourth-order valence-electron chi connectivity index (χ4n) is 2.35. The highest BCUT2D eigenvalue weighted by Crippen LogP contribution is 2.42. The summed E-state index contributed by atoms with van der Waals surface area (Å²) in [6, 6.07) is 4.27. The Morgan fingerprint density at radius 3 is 2.85 bits per heavy atom. The molecule has 2 heteroatoms. The summed E-state index contributed by atoms with van der Waals surface area (Å²) in [5.41, 5.74) is 1.94. The molecule has 1 aliphatic rings. The standard InChI is InChI=1S/C11H18N2/c1-12-9-11(5-3-6-11)8-10-4-2-7-13-10/h2,4,7,12-13H,3,5-6,8-9H2,1H3. The van der Waals surface area contributed by atoms with Gasteiger partial charge in [0.05, 0.1) is 0 Å². The number of rotatable bonds is 4. The van der Waals surface area contributed by atoms with Crippen molar-refractivity contribution in [2.45, 2.75) is 25.7 Å². The molecule has 1 saturated carbocycles. The molecule has 1 aromatic heterocycles. The van der Waals surface area contributed by atoms with Crippen LogP contribution in [0.1, 0.15) is 25.0 Å². The molecule has 0 aromatic carbocycles. The molecule has 1 aromatic rings. The SMILES string of the molecule is CNCC1(Cc2ccc[nH]2)CCC1. The van der Waals surface area contributed by atoms with Gasteiger partial charge in [-0.3, -0.25) is 0 Å². The van der Waals surface area contributed by atoms with E-state index < -0.39 is 0 Å². The zero-order valence-corrected chi connectivity index (χ0v) is 8.27. The minimum atomic E-state index is 0.555. The van der Waals surface area contributed by atoms with Crippen molar-refractivity contribution in [3.8, 4) is 0 Å². The van der Waals surface area contributed by atoms with Crippen LogP contribution in [0.4, 0.5) is 0 Å². The van der Waals surface area contributed by atoms with Crippen LogP contribution in [-0.4, -0.2) is 18.6 Å². The molecule has 2 nitrogen and oxygen atoms in total. The van der Waals surface area contributed by atoms with E-state index in [0.29, 0.717) is 5.41 Å². The molecule has 0 amide bonds. The Labute approximate surface area is 79.7 Å². The molecule has 2 N–H and O–H groups in total. The van der Waals surface area contributed by atoms with Crippen LogP contribution in [0.2, 0.25) is 0 Å². The highest BCUT2D eigenvalue weighted by Gasteiger charge is 2.36. The second kappa shape index (κ2) is 3.54. The van der Waals surface area contributed by atoms with Crippen LogP contribution >= 0.6 is 0 Å². The van der Waals surface area contributed by atoms with Gasteiger partial charge in [0.25, 0.3) is 0 Å². The Hall–Kier alpha value is -0.760. The molecular weight excluding hydrogens is 160 g/mol. The third kappa shape index (κ3) is 1.78. The first-order valence-electron chi connectivity index (χ1n) is 5.12. The number of hydrogen-bond donors (Lipinski definition) is 2. The van der Waals surface area contributed by atoms with Crippen molar-refractivity contribution in [1.29, 1.82) is 0 Å². The smallest absolute Gasteiger partial charge is 0.0153 e. The Kier molecular flexibility index (Phi) is 2.40. The maximum atomic E-state index is 3.31. The maximum absolute atomic E-state index is 3.31. The van der Waals surface area contributed by atoms with E-state index in [1.54, 1.807) is 0 Å². The van der Waals surface area contributed by atoms with Crippen LogP contribution in [0.25, 0.3) is 0 Å². The van der Waals surface area contributed by atoms with E-state index in [4.69, 9.17) is 0 Å². The summed E-state index contributed by atoms with van der Waals surface area (Å²) < 4.78 is 0. The average Bonchev–Trinajstić information content (AvgIpc) is 2.53. The van der Waals surface area contributed by atoms with E-state index in [-0.39, 0.29) is 0 Å². The van der Waals surface area contributed by atoms with Gasteiger partial charge >= 0.3 is 0 Å². The minimum absolute atomic E-state index is 0.555. The third-order valence-corrected chi connectivity index (χ3v) is 3.19. The van der Waals surface area contributed by atoms with Gasteiger partial charge in [0.2, 0.25) is 0 Å². The number of aromatic nitrogens is 1. The Bertz CT molecular complexity index is 247. The van der Waals surface area contributed by atoms with Crippen molar-refractivity contribution >= 4 is 0 Å². The maximum Gasteiger partial charge on any atom is 0.0153 e. The summed E-state index contributed by atoms with van der Waals surface area (Å²) in [6.07, 6.45) is 7.39. The van der Waals surface area contributed by atoms with Crippen LogP contribution in [0.3, 0.4) is 0 Å². The summed E-state index contributed by atoms with van der Waals surface area (Å²) in [5, 5.41) is 3.31. The van der Waals surface area contributed by atoms with E-state index in [1.165, 1.54) is 31.4 Å². The second-order valence-electron chi connectivity index (χ2n) is 4.26. The van der Waals surface area contributed by atoms with Crippen molar-refractivity contribution in [3.05, 3.63) is 24.0 Å². The molecule has 0 atom stereocenters.